The number of ketones is 1. The third-order valence-electron chi connectivity index (χ3n) is 4.42. The molecule has 0 aliphatic carbocycles. The van der Waals surface area contributed by atoms with Gasteiger partial charge in [-0.15, -0.1) is 0 Å². The summed E-state index contributed by atoms with van der Waals surface area (Å²) in [4.78, 5) is 26.9. The van der Waals surface area contributed by atoms with E-state index in [4.69, 9.17) is 5.26 Å². The van der Waals surface area contributed by atoms with Gasteiger partial charge < -0.3 is 10.0 Å². The van der Waals surface area contributed by atoms with E-state index in [9.17, 15) is 14.7 Å². The highest BCUT2D eigenvalue weighted by Gasteiger charge is 2.50. The van der Waals surface area contributed by atoms with Crippen molar-refractivity contribution in [2.75, 3.05) is 11.4 Å². The highest BCUT2D eigenvalue weighted by molar-refractivity contribution is 6.10. The van der Waals surface area contributed by atoms with Crippen molar-refractivity contribution in [2.24, 2.45) is 0 Å². The van der Waals surface area contributed by atoms with E-state index in [1.165, 1.54) is 4.90 Å². The molecule has 2 aromatic carbocycles. The molecule has 0 radical (unpaired) electrons. The highest BCUT2D eigenvalue weighted by Crippen LogP contribution is 2.42. The molecule has 1 N–H and O–H groups in total. The third kappa shape index (κ3) is 3.04. The molecule has 1 atom stereocenters. The molecule has 1 heterocycles. The van der Waals surface area contributed by atoms with Crippen molar-refractivity contribution in [1.82, 2.24) is 0 Å². The zero-order valence-electron chi connectivity index (χ0n) is 13.7. The van der Waals surface area contributed by atoms with Crippen molar-refractivity contribution in [3.63, 3.8) is 0 Å². The lowest BCUT2D eigenvalue weighted by atomic mass is 9.88. The van der Waals surface area contributed by atoms with Crippen LogP contribution in [0.2, 0.25) is 0 Å². The van der Waals surface area contributed by atoms with Gasteiger partial charge in [0.05, 0.1) is 18.2 Å². The lowest BCUT2D eigenvalue weighted by Gasteiger charge is -2.22. The Morgan fingerprint density at radius 2 is 1.80 bits per heavy atom. The molecule has 0 saturated carbocycles. The molecule has 25 heavy (non-hydrogen) atoms. The second-order valence-corrected chi connectivity index (χ2v) is 6.06. The van der Waals surface area contributed by atoms with Gasteiger partial charge >= 0.3 is 0 Å². The van der Waals surface area contributed by atoms with Gasteiger partial charge in [-0.1, -0.05) is 48.5 Å². The topological polar surface area (TPSA) is 81.4 Å². The molecule has 2 aromatic rings. The van der Waals surface area contributed by atoms with E-state index in [-0.39, 0.29) is 12.2 Å². The van der Waals surface area contributed by atoms with E-state index >= 15 is 0 Å². The summed E-state index contributed by atoms with van der Waals surface area (Å²) in [5.41, 5.74) is -0.352. The predicted molar refractivity (Wildman–Crippen MR) is 92.9 cm³/mol. The first-order valence-electron chi connectivity index (χ1n) is 8.17. The summed E-state index contributed by atoms with van der Waals surface area (Å²) in [5.74, 6) is -0.791. The Bertz CT molecular complexity index is 842. The molecular weight excluding hydrogens is 316 g/mol. The minimum absolute atomic E-state index is 0.287. The van der Waals surface area contributed by atoms with Crippen LogP contribution in [0, 0.1) is 11.3 Å². The first kappa shape index (κ1) is 16.9. The Morgan fingerprint density at radius 1 is 1.12 bits per heavy atom. The van der Waals surface area contributed by atoms with Crippen LogP contribution in [0.25, 0.3) is 0 Å². The molecule has 3 rings (SSSR count). The van der Waals surface area contributed by atoms with Crippen molar-refractivity contribution < 1.29 is 14.7 Å². The Hall–Kier alpha value is -2.97. The number of hydrogen-bond acceptors (Lipinski definition) is 4. The number of unbranched alkanes of at least 4 members (excludes halogenated alkanes) is 1. The zero-order valence-corrected chi connectivity index (χ0v) is 13.7. The molecule has 0 unspecified atom stereocenters. The van der Waals surface area contributed by atoms with Gasteiger partial charge in [-0.05, 0) is 12.5 Å². The Morgan fingerprint density at radius 3 is 2.52 bits per heavy atom. The number of para-hydroxylation sites is 1. The zero-order chi connectivity index (χ0) is 17.9. The van der Waals surface area contributed by atoms with Crippen LogP contribution in [0.15, 0.2) is 54.6 Å². The van der Waals surface area contributed by atoms with Crippen LogP contribution < -0.4 is 4.90 Å². The van der Waals surface area contributed by atoms with Crippen LogP contribution >= 0.6 is 0 Å². The molecule has 0 saturated heterocycles. The summed E-state index contributed by atoms with van der Waals surface area (Å²) in [6, 6.07) is 17.6. The summed E-state index contributed by atoms with van der Waals surface area (Å²) in [7, 11) is 0. The first-order valence-corrected chi connectivity index (χ1v) is 8.17. The van der Waals surface area contributed by atoms with E-state index in [0.29, 0.717) is 36.2 Å². The Balaban J connectivity index is 1.91. The molecule has 0 aromatic heterocycles. The standard InChI is InChI=1S/C20H18N2O3/c21-12-6-7-13-22-17-11-5-4-10-16(17)20(25,19(22)24)14-18(23)15-8-2-1-3-9-15/h1-5,8-11,25H,6-7,13-14H2/t20-/m1/s1. The molecule has 5 nitrogen and oxygen atoms in total. The van der Waals surface area contributed by atoms with E-state index in [0.717, 1.165) is 0 Å². The number of Topliss-reactive ketones (excluding diaryl/α,β-unsaturated/α-hetero) is 1. The maximum absolute atomic E-state index is 12.9. The Kier molecular flexibility index (Phi) is 4.64. The minimum Gasteiger partial charge on any atom is -0.375 e. The van der Waals surface area contributed by atoms with Crippen molar-refractivity contribution in [2.45, 2.75) is 24.9 Å². The molecule has 0 spiro atoms. The first-order chi connectivity index (χ1) is 12.1. The second-order valence-electron chi connectivity index (χ2n) is 6.06. The largest absolute Gasteiger partial charge is 0.375 e. The van der Waals surface area contributed by atoms with E-state index in [2.05, 4.69) is 6.07 Å². The smallest absolute Gasteiger partial charge is 0.264 e. The fourth-order valence-electron chi connectivity index (χ4n) is 3.17. The second kappa shape index (κ2) is 6.88. The minimum atomic E-state index is -1.86. The molecule has 1 aliphatic heterocycles. The normalized spacial score (nSPS) is 18.7. The number of anilines is 1. The summed E-state index contributed by atoms with van der Waals surface area (Å²) in [6.07, 6.45) is 0.536. The van der Waals surface area contributed by atoms with Crippen LogP contribution in [0.3, 0.4) is 0 Å². The molecule has 1 aliphatic rings. The van der Waals surface area contributed by atoms with Gasteiger partial charge in [0, 0.05) is 24.1 Å². The number of carbonyl (C=O) groups excluding carboxylic acids is 2. The van der Waals surface area contributed by atoms with Gasteiger partial charge in [0.25, 0.3) is 5.91 Å². The van der Waals surface area contributed by atoms with Crippen LogP contribution in [0.4, 0.5) is 5.69 Å². The number of hydrogen-bond donors (Lipinski definition) is 1. The fraction of sp³-hybridized carbons (Fsp3) is 0.250. The molecule has 1 amide bonds. The SMILES string of the molecule is N#CCCCN1C(=O)[C@@](O)(CC(=O)c2ccccc2)c2ccccc21. The lowest BCUT2D eigenvalue weighted by Crippen LogP contribution is -2.42. The average Bonchev–Trinajstić information content (AvgIpc) is 2.85. The molecule has 0 fully saturated rings. The number of rotatable bonds is 6. The van der Waals surface area contributed by atoms with Gasteiger partial charge in [-0.2, -0.15) is 5.26 Å². The summed E-state index contributed by atoms with van der Waals surface area (Å²) < 4.78 is 0. The number of benzene rings is 2. The predicted octanol–water partition coefficient (Wildman–Crippen LogP) is 2.80. The fourth-order valence-corrected chi connectivity index (χ4v) is 3.17. The summed E-state index contributed by atoms with van der Waals surface area (Å²) >= 11 is 0. The van der Waals surface area contributed by atoms with Crippen molar-refractivity contribution in [1.29, 1.82) is 5.26 Å². The van der Waals surface area contributed by atoms with E-state index in [1.54, 1.807) is 54.6 Å². The molecular formula is C20H18N2O3. The van der Waals surface area contributed by atoms with Crippen molar-refractivity contribution in [3.8, 4) is 6.07 Å². The number of amides is 1. The lowest BCUT2D eigenvalue weighted by molar-refractivity contribution is -0.135. The summed E-state index contributed by atoms with van der Waals surface area (Å²) in [5, 5.41) is 19.8. The van der Waals surface area contributed by atoms with Gasteiger partial charge in [0.2, 0.25) is 0 Å². The maximum atomic E-state index is 12.9. The summed E-state index contributed by atoms with van der Waals surface area (Å²) in [6.45, 7) is 0.339. The quantitative estimate of drug-likeness (QED) is 0.650. The number of nitriles is 1. The average molecular weight is 334 g/mol. The van der Waals surface area contributed by atoms with Crippen molar-refractivity contribution >= 4 is 17.4 Å². The van der Waals surface area contributed by atoms with Gasteiger partial charge in [0.1, 0.15) is 0 Å². The molecule has 0 bridgehead atoms. The van der Waals surface area contributed by atoms with Crippen LogP contribution in [0.1, 0.15) is 35.2 Å². The monoisotopic (exact) mass is 334 g/mol. The van der Waals surface area contributed by atoms with Crippen LogP contribution in [-0.4, -0.2) is 23.3 Å². The van der Waals surface area contributed by atoms with E-state index in [1.807, 2.05) is 0 Å². The molecule has 5 heteroatoms. The maximum Gasteiger partial charge on any atom is 0.264 e. The number of carbonyl (C=O) groups is 2. The number of aliphatic hydroxyl groups is 1. The van der Waals surface area contributed by atoms with Crippen LogP contribution in [-0.2, 0) is 10.4 Å². The molecule has 126 valence electrons. The number of fused-ring (bicyclic) bond motifs is 1. The van der Waals surface area contributed by atoms with Crippen LogP contribution in [0.5, 0.6) is 0 Å². The Labute approximate surface area is 146 Å². The van der Waals surface area contributed by atoms with Gasteiger partial charge in [-0.3, -0.25) is 9.59 Å². The number of nitrogens with zero attached hydrogens (tertiary/aromatic N) is 2. The third-order valence-corrected chi connectivity index (χ3v) is 4.42. The van der Waals surface area contributed by atoms with E-state index < -0.39 is 11.5 Å². The van der Waals surface area contributed by atoms with Crippen molar-refractivity contribution in [3.05, 3.63) is 65.7 Å². The van der Waals surface area contributed by atoms with Gasteiger partial charge in [-0.25, -0.2) is 0 Å². The van der Waals surface area contributed by atoms with Gasteiger partial charge in [0.15, 0.2) is 11.4 Å². The highest BCUT2D eigenvalue weighted by atomic mass is 16.3.